The summed E-state index contributed by atoms with van der Waals surface area (Å²) in [6, 6.07) is 3.31. The summed E-state index contributed by atoms with van der Waals surface area (Å²) in [6.45, 7) is 2.30. The van der Waals surface area contributed by atoms with E-state index in [4.69, 9.17) is 10.8 Å². The zero-order valence-electron chi connectivity index (χ0n) is 15.1. The van der Waals surface area contributed by atoms with Crippen molar-refractivity contribution >= 4 is 23.7 Å². The van der Waals surface area contributed by atoms with Gasteiger partial charge in [0.05, 0.1) is 12.6 Å². The third kappa shape index (κ3) is 7.74. The Hall–Kier alpha value is -3.14. The molecule has 1 rings (SSSR count). The Balaban J connectivity index is 2.42. The van der Waals surface area contributed by atoms with Crippen molar-refractivity contribution < 1.29 is 29.4 Å². The topological polar surface area (TPSA) is 171 Å². The first-order valence-electron chi connectivity index (χ1n) is 8.24. The summed E-state index contributed by atoms with van der Waals surface area (Å²) >= 11 is 0. The molecule has 0 fully saturated rings. The van der Waals surface area contributed by atoms with Crippen molar-refractivity contribution in [2.24, 2.45) is 5.73 Å². The van der Waals surface area contributed by atoms with E-state index in [0.29, 0.717) is 0 Å². The number of carboxylic acid groups (broad SMARTS) is 1. The Morgan fingerprint density at radius 2 is 1.59 bits per heavy atom. The number of aromatic hydroxyl groups is 1. The van der Waals surface area contributed by atoms with E-state index in [9.17, 15) is 24.3 Å². The van der Waals surface area contributed by atoms with E-state index < -0.39 is 48.4 Å². The number of phenols is 1. The lowest BCUT2D eigenvalue weighted by atomic mass is 10.1. The van der Waals surface area contributed by atoms with E-state index in [1.807, 2.05) is 0 Å². The van der Waals surface area contributed by atoms with Crippen LogP contribution in [0.1, 0.15) is 19.4 Å². The van der Waals surface area contributed by atoms with Gasteiger partial charge in [-0.2, -0.15) is 0 Å². The van der Waals surface area contributed by atoms with E-state index >= 15 is 0 Å². The van der Waals surface area contributed by atoms with Crippen LogP contribution in [-0.2, 0) is 25.6 Å². The third-order valence-corrected chi connectivity index (χ3v) is 3.65. The zero-order chi connectivity index (χ0) is 20.6. The van der Waals surface area contributed by atoms with Crippen molar-refractivity contribution in [1.82, 2.24) is 16.0 Å². The predicted octanol–water partition coefficient (Wildman–Crippen LogP) is -1.53. The lowest BCUT2D eigenvalue weighted by Crippen LogP contribution is -2.52. The van der Waals surface area contributed by atoms with Crippen molar-refractivity contribution in [3.8, 4) is 5.75 Å². The maximum Gasteiger partial charge on any atom is 0.325 e. The molecule has 3 amide bonds. The summed E-state index contributed by atoms with van der Waals surface area (Å²) < 4.78 is 0. The van der Waals surface area contributed by atoms with Gasteiger partial charge in [0.15, 0.2) is 0 Å². The fraction of sp³-hybridized carbons (Fsp3) is 0.412. The summed E-state index contributed by atoms with van der Waals surface area (Å²) in [6.07, 6.45) is 0.218. The van der Waals surface area contributed by atoms with Gasteiger partial charge in [0, 0.05) is 0 Å². The van der Waals surface area contributed by atoms with Crippen LogP contribution in [-0.4, -0.2) is 58.6 Å². The number of carbonyl (C=O) groups excluding carboxylic acids is 3. The minimum atomic E-state index is -1.20. The molecule has 27 heavy (non-hydrogen) atoms. The number of nitrogens with two attached hydrogens (primary N) is 1. The van der Waals surface area contributed by atoms with Gasteiger partial charge < -0.3 is 31.9 Å². The number of amides is 3. The first kappa shape index (κ1) is 21.9. The van der Waals surface area contributed by atoms with Gasteiger partial charge in [-0.05, 0) is 38.0 Å². The molecule has 0 saturated heterocycles. The normalized spacial score (nSPS) is 13.7. The molecule has 0 radical (unpaired) electrons. The molecule has 3 atom stereocenters. The van der Waals surface area contributed by atoms with E-state index in [1.165, 1.54) is 26.0 Å². The second kappa shape index (κ2) is 10.1. The second-order valence-corrected chi connectivity index (χ2v) is 6.05. The largest absolute Gasteiger partial charge is 0.508 e. The number of benzene rings is 1. The fourth-order valence-corrected chi connectivity index (χ4v) is 2.04. The van der Waals surface area contributed by atoms with Crippen LogP contribution in [0.4, 0.5) is 0 Å². The van der Waals surface area contributed by atoms with Crippen LogP contribution in [0.5, 0.6) is 5.75 Å². The maximum absolute atomic E-state index is 12.1. The van der Waals surface area contributed by atoms with Gasteiger partial charge in [-0.1, -0.05) is 12.1 Å². The number of carboxylic acids is 1. The first-order valence-corrected chi connectivity index (χ1v) is 8.24. The molecule has 0 aliphatic rings. The average molecular weight is 380 g/mol. The molecule has 0 heterocycles. The molecule has 0 aromatic heterocycles. The summed E-state index contributed by atoms with van der Waals surface area (Å²) in [5, 5.41) is 24.9. The van der Waals surface area contributed by atoms with Crippen molar-refractivity contribution in [2.45, 2.75) is 38.4 Å². The van der Waals surface area contributed by atoms with Crippen LogP contribution in [0.3, 0.4) is 0 Å². The molecule has 0 bridgehead atoms. The summed E-state index contributed by atoms with van der Waals surface area (Å²) in [5.41, 5.74) is 6.56. The summed E-state index contributed by atoms with van der Waals surface area (Å²) in [7, 11) is 0. The maximum atomic E-state index is 12.1. The molecule has 7 N–H and O–H groups in total. The van der Waals surface area contributed by atoms with Gasteiger partial charge in [0.25, 0.3) is 0 Å². The molecule has 10 nitrogen and oxygen atoms in total. The van der Waals surface area contributed by atoms with Gasteiger partial charge in [-0.15, -0.1) is 0 Å². The average Bonchev–Trinajstić information content (AvgIpc) is 2.61. The van der Waals surface area contributed by atoms with Crippen LogP contribution in [0, 0.1) is 0 Å². The number of phenolic OH excluding ortho intramolecular Hbond substituents is 1. The third-order valence-electron chi connectivity index (χ3n) is 3.65. The van der Waals surface area contributed by atoms with Crippen LogP contribution in [0.2, 0.25) is 0 Å². The summed E-state index contributed by atoms with van der Waals surface area (Å²) in [4.78, 5) is 46.2. The lowest BCUT2D eigenvalue weighted by molar-refractivity contribution is -0.141. The van der Waals surface area contributed by atoms with E-state index in [1.54, 1.807) is 12.1 Å². The van der Waals surface area contributed by atoms with Gasteiger partial charge in [0.1, 0.15) is 17.8 Å². The van der Waals surface area contributed by atoms with Crippen molar-refractivity contribution in [2.75, 3.05) is 6.54 Å². The van der Waals surface area contributed by atoms with Crippen molar-refractivity contribution in [1.29, 1.82) is 0 Å². The van der Waals surface area contributed by atoms with Gasteiger partial charge in [-0.25, -0.2) is 0 Å². The molecular weight excluding hydrogens is 356 g/mol. The highest BCUT2D eigenvalue weighted by Gasteiger charge is 2.21. The van der Waals surface area contributed by atoms with Gasteiger partial charge >= 0.3 is 5.97 Å². The van der Waals surface area contributed by atoms with Crippen LogP contribution >= 0.6 is 0 Å². The number of hydrogen-bond acceptors (Lipinski definition) is 6. The molecule has 10 heteroatoms. The second-order valence-electron chi connectivity index (χ2n) is 6.05. The highest BCUT2D eigenvalue weighted by Crippen LogP contribution is 2.10. The molecule has 0 unspecified atom stereocenters. The van der Waals surface area contributed by atoms with E-state index in [-0.39, 0.29) is 12.2 Å². The number of carbonyl (C=O) groups is 4. The molecule has 0 spiro atoms. The van der Waals surface area contributed by atoms with Gasteiger partial charge in [-0.3, -0.25) is 19.2 Å². The minimum absolute atomic E-state index is 0.101. The quantitative estimate of drug-likeness (QED) is 0.302. The first-order chi connectivity index (χ1) is 12.6. The Bertz CT molecular complexity index is 691. The fourth-order valence-electron chi connectivity index (χ4n) is 2.04. The van der Waals surface area contributed by atoms with E-state index in [0.717, 1.165) is 5.56 Å². The highest BCUT2D eigenvalue weighted by atomic mass is 16.4. The van der Waals surface area contributed by atoms with Crippen LogP contribution in [0.15, 0.2) is 24.3 Å². The molecule has 0 saturated carbocycles. The Kier molecular flexibility index (Phi) is 8.21. The van der Waals surface area contributed by atoms with Gasteiger partial charge in [0.2, 0.25) is 17.7 Å². The SMILES string of the molecule is C[C@H](NC(=O)CNC(=O)[C@H](C)NC(=O)[C@@H](N)Cc1ccc(O)cc1)C(=O)O. The van der Waals surface area contributed by atoms with Crippen LogP contribution in [0.25, 0.3) is 0 Å². The molecule has 0 aliphatic carbocycles. The number of nitrogens with one attached hydrogen (secondary N) is 3. The lowest BCUT2D eigenvalue weighted by Gasteiger charge is -2.17. The molecule has 0 aliphatic heterocycles. The number of aliphatic carboxylic acids is 1. The minimum Gasteiger partial charge on any atom is -0.508 e. The molecule has 1 aromatic carbocycles. The molecule has 1 aromatic rings. The van der Waals surface area contributed by atoms with E-state index in [2.05, 4.69) is 16.0 Å². The zero-order valence-corrected chi connectivity index (χ0v) is 15.1. The Morgan fingerprint density at radius 3 is 2.15 bits per heavy atom. The Morgan fingerprint density at radius 1 is 1.00 bits per heavy atom. The number of rotatable bonds is 9. The Labute approximate surface area is 156 Å². The van der Waals surface area contributed by atoms with Crippen molar-refractivity contribution in [3.05, 3.63) is 29.8 Å². The monoisotopic (exact) mass is 380 g/mol. The molecular formula is C17H24N4O6. The predicted molar refractivity (Wildman–Crippen MR) is 95.6 cm³/mol. The summed E-state index contributed by atoms with van der Waals surface area (Å²) in [5.74, 6) is -2.92. The van der Waals surface area contributed by atoms with Crippen molar-refractivity contribution in [3.63, 3.8) is 0 Å². The highest BCUT2D eigenvalue weighted by molar-refractivity contribution is 5.92. The number of hydrogen-bond donors (Lipinski definition) is 6. The van der Waals surface area contributed by atoms with Crippen LogP contribution < -0.4 is 21.7 Å². The molecule has 148 valence electrons. The standard InChI is InChI=1S/C17H24N4O6/c1-9(15(24)19-8-14(23)20-10(2)17(26)27)21-16(25)13(18)7-11-3-5-12(22)6-4-11/h3-6,9-10,13,22H,7-8,18H2,1-2H3,(H,19,24)(H,20,23)(H,21,25)(H,26,27)/t9-,10-,13-/m0/s1. The smallest absolute Gasteiger partial charge is 0.325 e.